The van der Waals surface area contributed by atoms with E-state index < -0.39 is 6.10 Å². The van der Waals surface area contributed by atoms with Crippen LogP contribution in [0.3, 0.4) is 0 Å². The van der Waals surface area contributed by atoms with Crippen molar-refractivity contribution in [1.29, 1.82) is 0 Å². The van der Waals surface area contributed by atoms with Crippen molar-refractivity contribution in [3.05, 3.63) is 70.6 Å². The lowest BCUT2D eigenvalue weighted by Crippen LogP contribution is -2.33. The number of aliphatic hydroxyl groups excluding tert-OH is 1. The second-order valence-corrected chi connectivity index (χ2v) is 6.47. The van der Waals surface area contributed by atoms with Crippen LogP contribution < -0.4 is 5.32 Å². The van der Waals surface area contributed by atoms with Gasteiger partial charge >= 0.3 is 0 Å². The molecule has 0 saturated heterocycles. The maximum Gasteiger partial charge on any atom is 0.123 e. The van der Waals surface area contributed by atoms with E-state index >= 15 is 0 Å². The molecule has 2 N–H and O–H groups in total. The summed E-state index contributed by atoms with van der Waals surface area (Å²) in [4.78, 5) is 0. The fraction of sp³-hybridized carbons (Fsp3) is 0.222. The van der Waals surface area contributed by atoms with Crippen molar-refractivity contribution in [2.75, 3.05) is 13.6 Å². The highest BCUT2D eigenvalue weighted by atomic mass is 79.9. The third-order valence-corrected chi connectivity index (χ3v) is 4.45. The number of aromatic nitrogens is 1. The first-order valence-corrected chi connectivity index (χ1v) is 8.23. The van der Waals surface area contributed by atoms with Crippen LogP contribution in [0.25, 0.3) is 10.9 Å². The Kier molecular flexibility index (Phi) is 6.40. The molecule has 2 aromatic carbocycles. The molecule has 0 aliphatic rings. The van der Waals surface area contributed by atoms with Crippen LogP contribution in [0.4, 0.5) is 4.39 Å². The minimum absolute atomic E-state index is 0. The zero-order valence-electron chi connectivity index (χ0n) is 13.1. The van der Waals surface area contributed by atoms with Crippen LogP contribution in [-0.2, 0) is 0 Å². The summed E-state index contributed by atoms with van der Waals surface area (Å²) in [6, 6.07) is 14.0. The summed E-state index contributed by atoms with van der Waals surface area (Å²) in [6.07, 6.45) is 1.25. The second kappa shape index (κ2) is 8.12. The van der Waals surface area contributed by atoms with Crippen molar-refractivity contribution < 1.29 is 9.50 Å². The van der Waals surface area contributed by atoms with E-state index in [9.17, 15) is 9.50 Å². The Bertz CT molecular complexity index is 824. The Hall–Kier alpha value is -1.40. The Morgan fingerprint density at radius 1 is 1.21 bits per heavy atom. The van der Waals surface area contributed by atoms with Gasteiger partial charge in [0.15, 0.2) is 0 Å². The number of hydrogen-bond acceptors (Lipinski definition) is 2. The molecule has 0 spiro atoms. The van der Waals surface area contributed by atoms with E-state index in [4.69, 9.17) is 0 Å². The topological polar surface area (TPSA) is 37.2 Å². The molecule has 3 rings (SSSR count). The van der Waals surface area contributed by atoms with Crippen LogP contribution in [0.1, 0.15) is 11.6 Å². The molecule has 1 heterocycles. The predicted molar refractivity (Wildman–Crippen MR) is 101 cm³/mol. The molecule has 2 atom stereocenters. The first-order valence-electron chi connectivity index (χ1n) is 7.44. The number of nitrogens with one attached hydrogen (secondary N) is 1. The second-order valence-electron chi connectivity index (χ2n) is 5.55. The minimum atomic E-state index is -0.684. The number of rotatable bonds is 5. The zero-order valence-corrected chi connectivity index (χ0v) is 15.5. The molecule has 0 aliphatic carbocycles. The fourth-order valence-corrected chi connectivity index (χ4v) is 3.29. The van der Waals surface area contributed by atoms with E-state index in [1.807, 2.05) is 41.1 Å². The van der Waals surface area contributed by atoms with Crippen LogP contribution in [0.15, 0.2) is 59.2 Å². The molecule has 0 radical (unpaired) electrons. The van der Waals surface area contributed by atoms with Crippen molar-refractivity contribution in [3.8, 4) is 0 Å². The normalized spacial score (nSPS) is 13.5. The van der Waals surface area contributed by atoms with Crippen LogP contribution >= 0.6 is 28.3 Å². The summed E-state index contributed by atoms with van der Waals surface area (Å²) >= 11 is 3.49. The molecule has 6 heteroatoms. The maximum absolute atomic E-state index is 13.7. The molecule has 3 aromatic rings. The fourth-order valence-electron chi connectivity index (χ4n) is 2.94. The predicted octanol–water partition coefficient (Wildman–Crippen LogP) is 4.13. The van der Waals surface area contributed by atoms with Crippen molar-refractivity contribution in [3.63, 3.8) is 0 Å². The summed E-state index contributed by atoms with van der Waals surface area (Å²) < 4.78 is 16.6. The van der Waals surface area contributed by atoms with Crippen LogP contribution in [0.2, 0.25) is 0 Å². The van der Waals surface area contributed by atoms with E-state index in [2.05, 4.69) is 21.2 Å². The molecule has 0 unspecified atom stereocenters. The van der Waals surface area contributed by atoms with Crippen LogP contribution in [-0.4, -0.2) is 29.4 Å². The number of aliphatic hydroxyl groups is 1. The number of likely N-dealkylation sites (N-methyl/N-ethyl adjacent to an activating group) is 1. The Morgan fingerprint density at radius 3 is 2.71 bits per heavy atom. The average molecular weight is 414 g/mol. The largest absolute Gasteiger partial charge is 0.389 e. The maximum atomic E-state index is 13.7. The summed E-state index contributed by atoms with van der Waals surface area (Å²) in [6.45, 7) is 0.412. The summed E-state index contributed by atoms with van der Waals surface area (Å²) in [5.41, 5.74) is 1.73. The van der Waals surface area contributed by atoms with Crippen molar-refractivity contribution >= 4 is 39.2 Å². The molecule has 24 heavy (non-hydrogen) atoms. The molecule has 1 aromatic heterocycles. The number of fused-ring (bicyclic) bond motifs is 1. The van der Waals surface area contributed by atoms with E-state index in [0.717, 1.165) is 20.9 Å². The van der Waals surface area contributed by atoms with Gasteiger partial charge in [-0.1, -0.05) is 34.1 Å². The van der Waals surface area contributed by atoms with Crippen molar-refractivity contribution in [2.24, 2.45) is 0 Å². The van der Waals surface area contributed by atoms with Gasteiger partial charge < -0.3 is 15.0 Å². The minimum Gasteiger partial charge on any atom is -0.389 e. The zero-order chi connectivity index (χ0) is 16.4. The molecule has 128 valence electrons. The molecule has 3 nitrogen and oxygen atoms in total. The SMILES string of the molecule is CNC[C@@H](O)[C@H](c1cccc(F)c1)n1ccc2ccc(Br)cc21.Cl. The first kappa shape index (κ1) is 18.9. The Labute approximate surface area is 155 Å². The highest BCUT2D eigenvalue weighted by Crippen LogP contribution is 2.30. The van der Waals surface area contributed by atoms with Gasteiger partial charge in [-0.25, -0.2) is 4.39 Å². The number of benzene rings is 2. The van der Waals surface area contributed by atoms with Gasteiger partial charge in [0, 0.05) is 22.7 Å². The summed E-state index contributed by atoms with van der Waals surface area (Å²) in [5, 5.41) is 14.7. The lowest BCUT2D eigenvalue weighted by molar-refractivity contribution is 0.132. The van der Waals surface area contributed by atoms with E-state index in [1.54, 1.807) is 13.1 Å². The van der Waals surface area contributed by atoms with Crippen molar-refractivity contribution in [1.82, 2.24) is 9.88 Å². The highest BCUT2D eigenvalue weighted by Gasteiger charge is 2.24. The van der Waals surface area contributed by atoms with Crippen LogP contribution in [0, 0.1) is 5.82 Å². The van der Waals surface area contributed by atoms with Crippen molar-refractivity contribution in [2.45, 2.75) is 12.1 Å². The molecule has 0 aliphatic heterocycles. The van der Waals surface area contributed by atoms with Gasteiger partial charge in [0.2, 0.25) is 0 Å². The number of hydrogen-bond donors (Lipinski definition) is 2. The van der Waals surface area contributed by atoms with E-state index in [0.29, 0.717) is 6.54 Å². The standard InChI is InChI=1S/C18H18BrFN2O.ClH/c1-21-11-17(23)18(13-3-2-4-15(20)9-13)22-8-7-12-5-6-14(19)10-16(12)22;/h2-10,17-18,21,23H,11H2,1H3;1H/t17-,18+;/m1./s1. The van der Waals surface area contributed by atoms with Gasteiger partial charge in [-0.15, -0.1) is 12.4 Å². The highest BCUT2D eigenvalue weighted by molar-refractivity contribution is 9.10. The van der Waals surface area contributed by atoms with E-state index in [-0.39, 0.29) is 24.3 Å². The Morgan fingerprint density at radius 2 is 2.00 bits per heavy atom. The lowest BCUT2D eigenvalue weighted by atomic mass is 10.0. The molecular weight excluding hydrogens is 395 g/mol. The quantitative estimate of drug-likeness (QED) is 0.660. The van der Waals surface area contributed by atoms with Gasteiger partial charge in [0.05, 0.1) is 12.1 Å². The lowest BCUT2D eigenvalue weighted by Gasteiger charge is -2.26. The Balaban J connectivity index is 0.00000208. The molecular formula is C18H19BrClFN2O. The number of nitrogens with zero attached hydrogens (tertiary/aromatic N) is 1. The summed E-state index contributed by atoms with van der Waals surface area (Å²) in [7, 11) is 1.79. The monoisotopic (exact) mass is 412 g/mol. The van der Waals surface area contributed by atoms with Gasteiger partial charge in [0.1, 0.15) is 5.82 Å². The van der Waals surface area contributed by atoms with Gasteiger partial charge in [0.25, 0.3) is 0 Å². The van der Waals surface area contributed by atoms with Gasteiger partial charge in [-0.2, -0.15) is 0 Å². The summed E-state index contributed by atoms with van der Waals surface area (Å²) in [5.74, 6) is -0.304. The molecule has 0 bridgehead atoms. The molecule has 0 saturated carbocycles. The average Bonchev–Trinajstić information content (AvgIpc) is 2.91. The third kappa shape index (κ3) is 3.81. The van der Waals surface area contributed by atoms with E-state index in [1.165, 1.54) is 12.1 Å². The number of halogens is 3. The smallest absolute Gasteiger partial charge is 0.123 e. The van der Waals surface area contributed by atoms with Gasteiger partial charge in [-0.05, 0) is 48.3 Å². The molecule has 0 fully saturated rings. The third-order valence-electron chi connectivity index (χ3n) is 3.95. The van der Waals surface area contributed by atoms with Crippen LogP contribution in [0.5, 0.6) is 0 Å². The first-order chi connectivity index (χ1) is 11.1. The molecule has 0 amide bonds. The van der Waals surface area contributed by atoms with Gasteiger partial charge in [-0.3, -0.25) is 0 Å².